The maximum atomic E-state index is 12.9. The third kappa shape index (κ3) is 2.90. The van der Waals surface area contributed by atoms with E-state index >= 15 is 0 Å². The summed E-state index contributed by atoms with van der Waals surface area (Å²) in [4.78, 5) is 24.1. The topological polar surface area (TPSA) is 63.8 Å². The normalized spacial score (nSPS) is 13.5. The van der Waals surface area contributed by atoms with Crippen molar-refractivity contribution in [1.29, 1.82) is 0 Å². The zero-order valence-electron chi connectivity index (χ0n) is 13.0. The van der Waals surface area contributed by atoms with E-state index in [1.165, 1.54) is 6.08 Å². The lowest BCUT2D eigenvalue weighted by atomic mass is 10.1. The van der Waals surface area contributed by atoms with E-state index in [9.17, 15) is 9.59 Å². The van der Waals surface area contributed by atoms with Gasteiger partial charge in [0.05, 0.1) is 11.2 Å². The Balaban J connectivity index is 1.78. The van der Waals surface area contributed by atoms with Gasteiger partial charge in [0.1, 0.15) is 0 Å². The van der Waals surface area contributed by atoms with Crippen molar-refractivity contribution in [3.63, 3.8) is 0 Å². The fraction of sp³-hybridized carbons (Fsp3) is 0.0526. The standard InChI is InChI=1S/C19H12ClN3O2/c20-14-7-5-12(6-8-14)19(25)23-11-13(9-15-10-18(24)22-21-15)16-3-1-2-4-17(16)23/h1-8,10-11H,9H2. The highest BCUT2D eigenvalue weighted by molar-refractivity contribution is 6.30. The van der Waals surface area contributed by atoms with Crippen LogP contribution in [0.5, 0.6) is 0 Å². The van der Waals surface area contributed by atoms with Gasteiger partial charge >= 0.3 is 0 Å². The Morgan fingerprint density at radius 1 is 1.04 bits per heavy atom. The Morgan fingerprint density at radius 2 is 1.80 bits per heavy atom. The third-order valence-corrected chi connectivity index (χ3v) is 4.30. The van der Waals surface area contributed by atoms with Crippen LogP contribution in [0.25, 0.3) is 10.9 Å². The highest BCUT2D eigenvalue weighted by atomic mass is 35.5. The molecule has 0 saturated carbocycles. The first-order chi connectivity index (χ1) is 12.1. The molecule has 6 heteroatoms. The number of nitrogens with zero attached hydrogens (tertiary/aromatic N) is 3. The van der Waals surface area contributed by atoms with Crippen molar-refractivity contribution in [3.8, 4) is 0 Å². The molecule has 0 atom stereocenters. The molecule has 0 radical (unpaired) electrons. The number of carbonyl (C=O) groups excluding carboxylic acids is 2. The van der Waals surface area contributed by atoms with Gasteiger partial charge in [0, 0.05) is 34.7 Å². The van der Waals surface area contributed by atoms with E-state index in [4.69, 9.17) is 11.6 Å². The SMILES string of the molecule is O=C1C=C(Cc2cn(C(=O)c3ccc(Cl)cc3)c3ccccc23)N=N1. The fourth-order valence-corrected chi connectivity index (χ4v) is 3.01. The van der Waals surface area contributed by atoms with Gasteiger partial charge in [0.2, 0.25) is 0 Å². The molecule has 1 aliphatic rings. The van der Waals surface area contributed by atoms with Crippen molar-refractivity contribution < 1.29 is 9.59 Å². The Morgan fingerprint density at radius 3 is 2.52 bits per heavy atom. The number of hydrogen-bond acceptors (Lipinski definition) is 3. The van der Waals surface area contributed by atoms with E-state index in [-0.39, 0.29) is 11.8 Å². The second-order valence-corrected chi connectivity index (χ2v) is 6.14. The summed E-state index contributed by atoms with van der Waals surface area (Å²) in [5.41, 5.74) is 2.86. The molecule has 122 valence electrons. The highest BCUT2D eigenvalue weighted by Gasteiger charge is 2.17. The second kappa shape index (κ2) is 6.11. The maximum absolute atomic E-state index is 12.9. The number of aromatic nitrogens is 1. The van der Waals surface area contributed by atoms with E-state index in [0.717, 1.165) is 16.5 Å². The van der Waals surface area contributed by atoms with Crippen LogP contribution in [-0.2, 0) is 11.2 Å². The number of benzene rings is 2. The molecular weight excluding hydrogens is 338 g/mol. The zero-order valence-corrected chi connectivity index (χ0v) is 13.8. The average molecular weight is 350 g/mol. The minimum atomic E-state index is -0.351. The molecule has 0 fully saturated rings. The minimum Gasteiger partial charge on any atom is -0.283 e. The van der Waals surface area contributed by atoms with Crippen LogP contribution in [0.15, 0.2) is 76.7 Å². The van der Waals surface area contributed by atoms with Crippen molar-refractivity contribution in [3.05, 3.63) is 82.7 Å². The molecule has 1 amide bonds. The van der Waals surface area contributed by atoms with Crippen LogP contribution in [0.4, 0.5) is 0 Å². The number of carbonyl (C=O) groups is 2. The van der Waals surface area contributed by atoms with Gasteiger partial charge in [0.25, 0.3) is 11.8 Å². The van der Waals surface area contributed by atoms with E-state index in [1.54, 1.807) is 35.0 Å². The van der Waals surface area contributed by atoms with Gasteiger partial charge < -0.3 is 0 Å². The minimum absolute atomic E-state index is 0.141. The Bertz CT molecular complexity index is 1060. The molecule has 4 rings (SSSR count). The fourth-order valence-electron chi connectivity index (χ4n) is 2.89. The van der Waals surface area contributed by atoms with Crippen LogP contribution in [0.1, 0.15) is 15.9 Å². The molecule has 0 spiro atoms. The molecule has 0 N–H and O–H groups in total. The molecule has 2 aromatic carbocycles. The number of fused-ring (bicyclic) bond motifs is 1. The molecule has 3 aromatic rings. The van der Waals surface area contributed by atoms with Crippen molar-refractivity contribution in [2.45, 2.75) is 6.42 Å². The highest BCUT2D eigenvalue weighted by Crippen LogP contribution is 2.26. The summed E-state index contributed by atoms with van der Waals surface area (Å²) in [6.07, 6.45) is 3.64. The largest absolute Gasteiger partial charge is 0.290 e. The molecular formula is C19H12ClN3O2. The lowest BCUT2D eigenvalue weighted by Gasteiger charge is -2.04. The molecule has 0 saturated heterocycles. The van der Waals surface area contributed by atoms with Gasteiger partial charge in [-0.25, -0.2) is 0 Å². The Kier molecular flexibility index (Phi) is 3.78. The van der Waals surface area contributed by atoms with Crippen molar-refractivity contribution >= 4 is 34.3 Å². The summed E-state index contributed by atoms with van der Waals surface area (Å²) >= 11 is 5.90. The van der Waals surface area contributed by atoms with Gasteiger partial charge in [-0.2, -0.15) is 5.11 Å². The number of rotatable bonds is 3. The van der Waals surface area contributed by atoms with Crippen LogP contribution in [0.2, 0.25) is 5.02 Å². The number of allylic oxidation sites excluding steroid dienone is 1. The zero-order chi connectivity index (χ0) is 17.4. The van der Waals surface area contributed by atoms with Crippen LogP contribution in [-0.4, -0.2) is 16.4 Å². The van der Waals surface area contributed by atoms with Gasteiger partial charge in [-0.15, -0.1) is 5.11 Å². The summed E-state index contributed by atoms with van der Waals surface area (Å²) in [6.45, 7) is 0. The summed E-state index contributed by atoms with van der Waals surface area (Å²) in [6, 6.07) is 14.4. The van der Waals surface area contributed by atoms with Gasteiger partial charge in [-0.05, 0) is 35.9 Å². The first-order valence-electron chi connectivity index (χ1n) is 7.67. The van der Waals surface area contributed by atoms with Crippen LogP contribution in [0.3, 0.4) is 0 Å². The quantitative estimate of drug-likeness (QED) is 0.703. The predicted molar refractivity (Wildman–Crippen MR) is 94.8 cm³/mol. The predicted octanol–water partition coefficient (Wildman–Crippen LogP) is 4.40. The van der Waals surface area contributed by atoms with Crippen molar-refractivity contribution in [2.24, 2.45) is 10.2 Å². The van der Waals surface area contributed by atoms with Crippen molar-refractivity contribution in [2.75, 3.05) is 0 Å². The van der Waals surface area contributed by atoms with E-state index in [1.807, 2.05) is 24.3 Å². The summed E-state index contributed by atoms with van der Waals surface area (Å²) in [7, 11) is 0. The van der Waals surface area contributed by atoms with Gasteiger partial charge in [0.15, 0.2) is 0 Å². The number of halogens is 1. The van der Waals surface area contributed by atoms with Gasteiger partial charge in [-0.1, -0.05) is 29.8 Å². The van der Waals surface area contributed by atoms with Gasteiger partial charge in [-0.3, -0.25) is 14.2 Å². The van der Waals surface area contributed by atoms with Crippen LogP contribution >= 0.6 is 11.6 Å². The number of amides is 1. The first kappa shape index (κ1) is 15.5. The molecule has 1 aromatic heterocycles. The smallest absolute Gasteiger partial charge is 0.283 e. The lowest BCUT2D eigenvalue weighted by molar-refractivity contribution is -0.113. The molecule has 5 nitrogen and oxygen atoms in total. The molecule has 0 bridgehead atoms. The number of hydrogen-bond donors (Lipinski definition) is 0. The Labute approximate surface area is 148 Å². The van der Waals surface area contributed by atoms with E-state index in [2.05, 4.69) is 10.2 Å². The van der Waals surface area contributed by atoms with E-state index < -0.39 is 0 Å². The lowest BCUT2D eigenvalue weighted by Crippen LogP contribution is -2.10. The van der Waals surface area contributed by atoms with Crippen molar-refractivity contribution in [1.82, 2.24) is 4.57 Å². The monoisotopic (exact) mass is 349 g/mol. The number of para-hydroxylation sites is 1. The molecule has 1 aliphatic heterocycles. The van der Waals surface area contributed by atoms with Crippen LogP contribution < -0.4 is 0 Å². The number of azo groups is 1. The summed E-state index contributed by atoms with van der Waals surface area (Å²) in [5, 5.41) is 8.89. The average Bonchev–Trinajstić information content (AvgIpc) is 3.19. The van der Waals surface area contributed by atoms with E-state index in [0.29, 0.717) is 22.7 Å². The molecule has 0 aliphatic carbocycles. The summed E-state index contributed by atoms with van der Waals surface area (Å²) in [5.74, 6) is -0.492. The molecule has 2 heterocycles. The molecule has 0 unspecified atom stereocenters. The maximum Gasteiger partial charge on any atom is 0.290 e. The second-order valence-electron chi connectivity index (χ2n) is 5.70. The third-order valence-electron chi connectivity index (χ3n) is 4.04. The molecule has 25 heavy (non-hydrogen) atoms. The van der Waals surface area contributed by atoms with Crippen LogP contribution in [0, 0.1) is 0 Å². The summed E-state index contributed by atoms with van der Waals surface area (Å²) < 4.78 is 1.61. The Hall–Kier alpha value is -3.05. The first-order valence-corrected chi connectivity index (χ1v) is 8.05.